The molecule has 0 atom stereocenters. The first-order chi connectivity index (χ1) is 6.19. The van der Waals surface area contributed by atoms with E-state index in [1.165, 1.54) is 12.3 Å². The highest BCUT2D eigenvalue weighted by Crippen LogP contribution is 2.06. The summed E-state index contributed by atoms with van der Waals surface area (Å²) in [6.45, 7) is 0. The summed E-state index contributed by atoms with van der Waals surface area (Å²) in [6.07, 6.45) is 6.22. The number of nitrogens with zero attached hydrogens (tertiary/aromatic N) is 2. The number of hydrogen-bond donors (Lipinski definition) is 1. The van der Waals surface area contributed by atoms with E-state index < -0.39 is 5.97 Å². The SMILES string of the molecule is C#Cc1cc(C#N)cnc1C(=O)O. The molecule has 0 bridgehead atoms. The van der Waals surface area contributed by atoms with Crippen molar-refractivity contribution in [3.63, 3.8) is 0 Å². The van der Waals surface area contributed by atoms with Gasteiger partial charge in [-0.15, -0.1) is 6.42 Å². The first-order valence-corrected chi connectivity index (χ1v) is 3.29. The molecule has 4 nitrogen and oxygen atoms in total. The molecule has 0 aromatic carbocycles. The Labute approximate surface area is 74.5 Å². The number of rotatable bonds is 1. The summed E-state index contributed by atoms with van der Waals surface area (Å²) in [5, 5.41) is 17.1. The number of nitriles is 1. The highest BCUT2D eigenvalue weighted by molar-refractivity contribution is 5.88. The second-order valence-corrected chi connectivity index (χ2v) is 2.18. The lowest BCUT2D eigenvalue weighted by Gasteiger charge is -1.97. The Morgan fingerprint density at radius 2 is 2.38 bits per heavy atom. The topological polar surface area (TPSA) is 74.0 Å². The molecule has 13 heavy (non-hydrogen) atoms. The fourth-order valence-corrected chi connectivity index (χ4v) is 0.806. The third-order valence-corrected chi connectivity index (χ3v) is 1.37. The zero-order valence-electron chi connectivity index (χ0n) is 6.48. The molecule has 0 aliphatic heterocycles. The van der Waals surface area contributed by atoms with Crippen molar-refractivity contribution in [2.24, 2.45) is 0 Å². The number of carbonyl (C=O) groups is 1. The molecule has 0 aliphatic carbocycles. The fraction of sp³-hybridized carbons (Fsp3) is 0. The zero-order valence-corrected chi connectivity index (χ0v) is 6.48. The largest absolute Gasteiger partial charge is 0.476 e. The maximum atomic E-state index is 10.5. The van der Waals surface area contributed by atoms with E-state index in [9.17, 15) is 4.79 Å². The van der Waals surface area contributed by atoms with Gasteiger partial charge in [-0.25, -0.2) is 9.78 Å². The average molecular weight is 172 g/mol. The van der Waals surface area contributed by atoms with Crippen LogP contribution in [-0.4, -0.2) is 16.1 Å². The van der Waals surface area contributed by atoms with E-state index in [1.54, 1.807) is 0 Å². The van der Waals surface area contributed by atoms with E-state index in [4.69, 9.17) is 16.8 Å². The Hall–Kier alpha value is -2.33. The molecule has 0 saturated carbocycles. The van der Waals surface area contributed by atoms with Gasteiger partial charge in [-0.05, 0) is 6.07 Å². The number of terminal acetylenes is 1. The zero-order chi connectivity index (χ0) is 9.84. The van der Waals surface area contributed by atoms with Crippen LogP contribution in [-0.2, 0) is 0 Å². The minimum absolute atomic E-state index is 0.117. The molecule has 1 N–H and O–H groups in total. The van der Waals surface area contributed by atoms with Gasteiger partial charge in [-0.3, -0.25) is 0 Å². The van der Waals surface area contributed by atoms with Gasteiger partial charge in [-0.1, -0.05) is 5.92 Å². The second kappa shape index (κ2) is 3.38. The van der Waals surface area contributed by atoms with Gasteiger partial charge in [0.1, 0.15) is 6.07 Å². The Balaban J connectivity index is 3.36. The molecule has 0 amide bonds. The fourth-order valence-electron chi connectivity index (χ4n) is 0.806. The predicted molar refractivity (Wildman–Crippen MR) is 43.8 cm³/mol. The van der Waals surface area contributed by atoms with Crippen LogP contribution < -0.4 is 0 Å². The number of carboxylic acids is 1. The van der Waals surface area contributed by atoms with Gasteiger partial charge in [0, 0.05) is 6.20 Å². The van der Waals surface area contributed by atoms with Gasteiger partial charge in [0.15, 0.2) is 5.69 Å². The quantitative estimate of drug-likeness (QED) is 0.630. The summed E-state index contributed by atoms with van der Waals surface area (Å²) in [5.41, 5.74) is 0.158. The van der Waals surface area contributed by atoms with E-state index in [0.29, 0.717) is 0 Å². The molecule has 1 rings (SSSR count). The Morgan fingerprint density at radius 1 is 1.69 bits per heavy atom. The highest BCUT2D eigenvalue weighted by Gasteiger charge is 2.10. The van der Waals surface area contributed by atoms with Crippen molar-refractivity contribution < 1.29 is 9.90 Å². The molecule has 4 heteroatoms. The van der Waals surface area contributed by atoms with Crippen LogP contribution in [0.1, 0.15) is 21.6 Å². The van der Waals surface area contributed by atoms with E-state index in [-0.39, 0.29) is 16.8 Å². The third-order valence-electron chi connectivity index (χ3n) is 1.37. The predicted octanol–water partition coefficient (Wildman–Crippen LogP) is 0.633. The normalized spacial score (nSPS) is 8.46. The van der Waals surface area contributed by atoms with E-state index in [0.717, 1.165) is 0 Å². The molecule has 1 heterocycles. The monoisotopic (exact) mass is 172 g/mol. The minimum Gasteiger partial charge on any atom is -0.476 e. The van der Waals surface area contributed by atoms with Gasteiger partial charge in [0.25, 0.3) is 0 Å². The lowest BCUT2D eigenvalue weighted by Crippen LogP contribution is -2.03. The minimum atomic E-state index is -1.20. The van der Waals surface area contributed by atoms with Crippen molar-refractivity contribution in [3.05, 3.63) is 29.1 Å². The summed E-state index contributed by atoms with van der Waals surface area (Å²) in [7, 11) is 0. The van der Waals surface area contributed by atoms with Crippen LogP contribution in [0.2, 0.25) is 0 Å². The molecule has 0 radical (unpaired) electrons. The maximum absolute atomic E-state index is 10.5. The Bertz CT molecular complexity index is 438. The number of hydrogen-bond acceptors (Lipinski definition) is 3. The highest BCUT2D eigenvalue weighted by atomic mass is 16.4. The van der Waals surface area contributed by atoms with Gasteiger partial charge < -0.3 is 5.11 Å². The van der Waals surface area contributed by atoms with Crippen LogP contribution in [0.15, 0.2) is 12.3 Å². The number of aromatic nitrogens is 1. The van der Waals surface area contributed by atoms with E-state index in [1.807, 2.05) is 6.07 Å². The Morgan fingerprint density at radius 3 is 2.85 bits per heavy atom. The molecule has 1 aromatic heterocycles. The molecule has 62 valence electrons. The van der Waals surface area contributed by atoms with E-state index in [2.05, 4.69) is 10.9 Å². The van der Waals surface area contributed by atoms with Gasteiger partial charge >= 0.3 is 5.97 Å². The van der Waals surface area contributed by atoms with Crippen LogP contribution in [0.5, 0.6) is 0 Å². The van der Waals surface area contributed by atoms with Crippen LogP contribution in [0, 0.1) is 23.7 Å². The standard InChI is InChI=1S/C9H4N2O2/c1-2-7-3-6(4-10)5-11-8(7)9(12)13/h1,3,5H,(H,12,13). The number of aromatic carboxylic acids is 1. The van der Waals surface area contributed by atoms with Crippen molar-refractivity contribution >= 4 is 5.97 Å². The summed E-state index contributed by atoms with van der Waals surface area (Å²) in [6, 6.07) is 3.13. The molecule has 1 aromatic rings. The number of carboxylic acid groups (broad SMARTS) is 1. The second-order valence-electron chi connectivity index (χ2n) is 2.18. The van der Waals surface area contributed by atoms with Gasteiger partial charge in [-0.2, -0.15) is 5.26 Å². The molecule has 0 aliphatic rings. The molecular formula is C9H4N2O2. The summed E-state index contributed by atoms with van der Waals surface area (Å²) in [4.78, 5) is 14.1. The van der Waals surface area contributed by atoms with Crippen molar-refractivity contribution in [3.8, 4) is 18.4 Å². The van der Waals surface area contributed by atoms with Gasteiger partial charge in [0.2, 0.25) is 0 Å². The summed E-state index contributed by atoms with van der Waals surface area (Å²) >= 11 is 0. The van der Waals surface area contributed by atoms with Crippen LogP contribution in [0.25, 0.3) is 0 Å². The van der Waals surface area contributed by atoms with Crippen molar-refractivity contribution in [2.75, 3.05) is 0 Å². The number of pyridine rings is 1. The van der Waals surface area contributed by atoms with Crippen molar-refractivity contribution in [1.82, 2.24) is 4.98 Å². The summed E-state index contributed by atoms with van der Waals surface area (Å²) in [5.74, 6) is 0.960. The smallest absolute Gasteiger partial charge is 0.355 e. The molecule has 0 spiro atoms. The van der Waals surface area contributed by atoms with E-state index >= 15 is 0 Å². The lowest BCUT2D eigenvalue weighted by molar-refractivity contribution is 0.0690. The van der Waals surface area contributed by atoms with Crippen molar-refractivity contribution in [2.45, 2.75) is 0 Å². The molecule has 0 unspecified atom stereocenters. The average Bonchev–Trinajstić information content (AvgIpc) is 2.16. The van der Waals surface area contributed by atoms with Gasteiger partial charge in [0.05, 0.1) is 11.1 Å². The molecule has 0 fully saturated rings. The summed E-state index contributed by atoms with van der Waals surface area (Å²) < 4.78 is 0. The van der Waals surface area contributed by atoms with Crippen molar-refractivity contribution in [1.29, 1.82) is 5.26 Å². The first kappa shape index (κ1) is 8.76. The van der Waals surface area contributed by atoms with Crippen LogP contribution in [0.3, 0.4) is 0 Å². The maximum Gasteiger partial charge on any atom is 0.355 e. The molecule has 0 saturated heterocycles. The molecular weight excluding hydrogens is 168 g/mol. The Kier molecular flexibility index (Phi) is 2.28. The van der Waals surface area contributed by atoms with Crippen LogP contribution >= 0.6 is 0 Å². The van der Waals surface area contributed by atoms with Crippen LogP contribution in [0.4, 0.5) is 0 Å². The lowest BCUT2D eigenvalue weighted by atomic mass is 10.1. The third kappa shape index (κ3) is 1.63. The first-order valence-electron chi connectivity index (χ1n) is 3.29.